The van der Waals surface area contributed by atoms with Gasteiger partial charge in [0.2, 0.25) is 17.0 Å². The van der Waals surface area contributed by atoms with Gasteiger partial charge in [0, 0.05) is 12.2 Å². The summed E-state index contributed by atoms with van der Waals surface area (Å²) in [5, 5.41) is 6.68. The maximum atomic E-state index is 12.5. The second-order valence-corrected chi connectivity index (χ2v) is 5.49. The molecular weight excluding hydrogens is 274 g/mol. The molecule has 1 aromatic carbocycles. The van der Waals surface area contributed by atoms with Crippen molar-refractivity contribution >= 4 is 29.3 Å². The Hall–Kier alpha value is -2.02. The highest BCUT2D eigenvalue weighted by molar-refractivity contribution is 8.00. The molecule has 0 bridgehead atoms. The number of nitrogen functional groups attached to an aromatic ring is 1. The van der Waals surface area contributed by atoms with Gasteiger partial charge in [-0.25, -0.2) is 5.10 Å². The van der Waals surface area contributed by atoms with E-state index in [-0.39, 0.29) is 17.1 Å². The Morgan fingerprint density at radius 2 is 2.15 bits per heavy atom. The number of hydrogen-bond acceptors (Lipinski definition) is 5. The number of amides is 1. The number of carbonyl (C=O) groups is 1. The first-order valence-corrected chi connectivity index (χ1v) is 7.20. The first-order chi connectivity index (χ1) is 9.61. The summed E-state index contributed by atoms with van der Waals surface area (Å²) >= 11 is 1.29. The number of H-pyrrole nitrogens is 1. The Labute approximate surface area is 121 Å². The minimum Gasteiger partial charge on any atom is -0.368 e. The Bertz CT molecular complexity index is 571. The first kappa shape index (κ1) is 14.4. The van der Waals surface area contributed by atoms with E-state index >= 15 is 0 Å². The van der Waals surface area contributed by atoms with E-state index in [4.69, 9.17) is 5.73 Å². The van der Waals surface area contributed by atoms with Crippen molar-refractivity contribution in [2.45, 2.75) is 24.3 Å². The lowest BCUT2D eigenvalue weighted by atomic mass is 10.2. The molecule has 0 unspecified atom stereocenters. The number of nitrogens with one attached hydrogen (secondary N) is 1. The average molecular weight is 291 g/mol. The quantitative estimate of drug-likeness (QED) is 0.822. The number of carbonyl (C=O) groups excluding carboxylic acids is 1. The van der Waals surface area contributed by atoms with Gasteiger partial charge < -0.3 is 10.6 Å². The highest BCUT2D eigenvalue weighted by Gasteiger charge is 2.22. The van der Waals surface area contributed by atoms with Crippen LogP contribution in [0.5, 0.6) is 0 Å². The van der Waals surface area contributed by atoms with E-state index in [0.717, 1.165) is 5.69 Å². The van der Waals surface area contributed by atoms with Crippen LogP contribution in [-0.2, 0) is 4.79 Å². The normalized spacial score (nSPS) is 12.1. The molecule has 0 spiro atoms. The predicted molar refractivity (Wildman–Crippen MR) is 80.6 cm³/mol. The minimum atomic E-state index is -0.287. The van der Waals surface area contributed by atoms with Crippen LogP contribution in [0.1, 0.15) is 13.8 Å². The highest BCUT2D eigenvalue weighted by Crippen LogP contribution is 2.23. The number of aromatic nitrogens is 3. The van der Waals surface area contributed by atoms with E-state index in [2.05, 4.69) is 15.2 Å². The minimum absolute atomic E-state index is 0.0204. The molecule has 0 aliphatic carbocycles. The van der Waals surface area contributed by atoms with Gasteiger partial charge in [-0.2, -0.15) is 4.98 Å². The van der Waals surface area contributed by atoms with E-state index in [0.29, 0.717) is 11.7 Å². The van der Waals surface area contributed by atoms with Crippen LogP contribution in [0.2, 0.25) is 0 Å². The van der Waals surface area contributed by atoms with Crippen molar-refractivity contribution in [2.75, 3.05) is 17.2 Å². The molecule has 0 saturated carbocycles. The molecule has 20 heavy (non-hydrogen) atoms. The molecule has 1 aromatic heterocycles. The monoisotopic (exact) mass is 291 g/mol. The van der Waals surface area contributed by atoms with Gasteiger partial charge in [-0.05, 0) is 26.0 Å². The van der Waals surface area contributed by atoms with Crippen molar-refractivity contribution < 1.29 is 4.79 Å². The summed E-state index contributed by atoms with van der Waals surface area (Å²) in [7, 11) is 0. The fourth-order valence-electron chi connectivity index (χ4n) is 1.81. The molecule has 2 aromatic rings. The number of rotatable bonds is 5. The molecule has 106 valence electrons. The van der Waals surface area contributed by atoms with Crippen LogP contribution in [0.4, 0.5) is 11.6 Å². The standard InChI is InChI=1S/C13H17N5OS/c1-3-18(10-7-5-4-6-8-10)11(19)9(2)20-13-15-12(14)16-17-13/h4-9H,3H2,1-2H3,(H3,14,15,16,17)/t9-/m0/s1. The summed E-state index contributed by atoms with van der Waals surface area (Å²) < 4.78 is 0. The zero-order valence-corrected chi connectivity index (χ0v) is 12.2. The van der Waals surface area contributed by atoms with E-state index in [1.165, 1.54) is 11.8 Å². The van der Waals surface area contributed by atoms with Gasteiger partial charge in [0.25, 0.3) is 0 Å². The molecule has 6 nitrogen and oxygen atoms in total. The van der Waals surface area contributed by atoms with Gasteiger partial charge in [0.1, 0.15) is 0 Å². The van der Waals surface area contributed by atoms with Crippen molar-refractivity contribution in [1.29, 1.82) is 0 Å². The van der Waals surface area contributed by atoms with Crippen LogP contribution in [0, 0.1) is 0 Å². The molecule has 0 radical (unpaired) electrons. The van der Waals surface area contributed by atoms with Crippen molar-refractivity contribution in [3.63, 3.8) is 0 Å². The predicted octanol–water partition coefficient (Wildman–Crippen LogP) is 1.92. The third-order valence-electron chi connectivity index (χ3n) is 2.76. The Balaban J connectivity index is 2.08. The van der Waals surface area contributed by atoms with Gasteiger partial charge in [-0.1, -0.05) is 30.0 Å². The fourth-order valence-corrected chi connectivity index (χ4v) is 2.61. The number of nitrogens with two attached hydrogens (primary N) is 1. The summed E-state index contributed by atoms with van der Waals surface area (Å²) in [6, 6.07) is 9.60. The molecule has 1 atom stereocenters. The SMILES string of the molecule is CCN(C(=O)[C@H](C)Sc1n[nH]c(N)n1)c1ccccc1. The Morgan fingerprint density at radius 3 is 2.70 bits per heavy atom. The summed E-state index contributed by atoms with van der Waals surface area (Å²) in [6.07, 6.45) is 0. The number of anilines is 2. The number of hydrogen-bond donors (Lipinski definition) is 2. The largest absolute Gasteiger partial charge is 0.368 e. The molecule has 7 heteroatoms. The third-order valence-corrected chi connectivity index (χ3v) is 3.71. The Kier molecular flexibility index (Phi) is 4.62. The van der Waals surface area contributed by atoms with Crippen molar-refractivity contribution in [1.82, 2.24) is 15.2 Å². The molecule has 0 fully saturated rings. The fraction of sp³-hybridized carbons (Fsp3) is 0.308. The van der Waals surface area contributed by atoms with Crippen LogP contribution >= 0.6 is 11.8 Å². The third kappa shape index (κ3) is 3.30. The van der Waals surface area contributed by atoms with Gasteiger partial charge in [0.15, 0.2) is 0 Å². The molecule has 0 saturated heterocycles. The lowest BCUT2D eigenvalue weighted by Crippen LogP contribution is -2.36. The van der Waals surface area contributed by atoms with Gasteiger partial charge >= 0.3 is 0 Å². The summed E-state index contributed by atoms with van der Waals surface area (Å²) in [6.45, 7) is 4.40. The summed E-state index contributed by atoms with van der Waals surface area (Å²) in [4.78, 5) is 18.2. The van der Waals surface area contributed by atoms with E-state index in [1.807, 2.05) is 44.2 Å². The van der Waals surface area contributed by atoms with Crippen LogP contribution in [0.3, 0.4) is 0 Å². The summed E-state index contributed by atoms with van der Waals surface area (Å²) in [5.74, 6) is 0.273. The van der Waals surface area contributed by atoms with Crippen molar-refractivity contribution in [3.8, 4) is 0 Å². The summed E-state index contributed by atoms with van der Waals surface area (Å²) in [5.41, 5.74) is 6.36. The van der Waals surface area contributed by atoms with Crippen LogP contribution in [0.25, 0.3) is 0 Å². The molecule has 1 amide bonds. The molecule has 0 aliphatic rings. The second-order valence-electron chi connectivity index (χ2n) is 4.18. The van der Waals surface area contributed by atoms with E-state index < -0.39 is 0 Å². The van der Waals surface area contributed by atoms with Gasteiger partial charge in [-0.15, -0.1) is 5.10 Å². The van der Waals surface area contributed by atoms with Crippen molar-refractivity contribution in [3.05, 3.63) is 30.3 Å². The van der Waals surface area contributed by atoms with E-state index in [9.17, 15) is 4.79 Å². The molecule has 2 rings (SSSR count). The maximum Gasteiger partial charge on any atom is 0.240 e. The molecule has 3 N–H and O–H groups in total. The maximum absolute atomic E-state index is 12.5. The second kappa shape index (κ2) is 6.42. The topological polar surface area (TPSA) is 87.9 Å². The Morgan fingerprint density at radius 1 is 1.45 bits per heavy atom. The lowest BCUT2D eigenvalue weighted by molar-refractivity contribution is -0.117. The molecular formula is C13H17N5OS. The first-order valence-electron chi connectivity index (χ1n) is 6.32. The number of aromatic amines is 1. The van der Waals surface area contributed by atoms with Crippen LogP contribution in [-0.4, -0.2) is 32.9 Å². The zero-order valence-electron chi connectivity index (χ0n) is 11.4. The number of para-hydroxylation sites is 1. The number of benzene rings is 1. The number of nitrogens with zero attached hydrogens (tertiary/aromatic N) is 3. The number of thioether (sulfide) groups is 1. The van der Waals surface area contributed by atoms with E-state index in [1.54, 1.807) is 4.90 Å². The van der Waals surface area contributed by atoms with Gasteiger partial charge in [-0.3, -0.25) is 4.79 Å². The lowest BCUT2D eigenvalue weighted by Gasteiger charge is -2.23. The van der Waals surface area contributed by atoms with Gasteiger partial charge in [0.05, 0.1) is 5.25 Å². The smallest absolute Gasteiger partial charge is 0.240 e. The molecule has 1 heterocycles. The highest BCUT2D eigenvalue weighted by atomic mass is 32.2. The van der Waals surface area contributed by atoms with Crippen molar-refractivity contribution in [2.24, 2.45) is 0 Å². The molecule has 0 aliphatic heterocycles. The van der Waals surface area contributed by atoms with Crippen LogP contribution in [0.15, 0.2) is 35.5 Å². The average Bonchev–Trinajstić information content (AvgIpc) is 2.86. The zero-order chi connectivity index (χ0) is 14.5. The van der Waals surface area contributed by atoms with Crippen LogP contribution < -0.4 is 10.6 Å².